The molecule has 2 aromatic rings. The average Bonchev–Trinajstić information content (AvgIpc) is 2.61. The number of hydrogen-bond acceptors (Lipinski definition) is 2. The predicted molar refractivity (Wildman–Crippen MR) is 99.8 cm³/mol. The molecular weight excluding hydrogens is 302 g/mol. The molecule has 23 heavy (non-hydrogen) atoms. The van der Waals surface area contributed by atoms with Crippen molar-refractivity contribution in [1.29, 1.82) is 0 Å². The number of aryl methyl sites for hydroxylation is 1. The molecule has 1 aliphatic rings. The molecule has 1 aliphatic carbocycles. The highest BCUT2D eigenvalue weighted by Gasteiger charge is 2.14. The third-order valence-electron chi connectivity index (χ3n) is 4.02. The van der Waals surface area contributed by atoms with Gasteiger partial charge in [-0.15, -0.1) is 0 Å². The van der Waals surface area contributed by atoms with Crippen LogP contribution in [0, 0.1) is 0 Å². The molecule has 0 bridgehead atoms. The highest BCUT2D eigenvalue weighted by atomic mass is 32.1. The van der Waals surface area contributed by atoms with Gasteiger partial charge in [0.1, 0.15) is 0 Å². The Kier molecular flexibility index (Phi) is 5.37. The number of fused-ring (bicyclic) bond motifs is 1. The molecule has 0 saturated heterocycles. The Hall–Kier alpha value is -2.20. The fourth-order valence-corrected chi connectivity index (χ4v) is 2.99. The van der Waals surface area contributed by atoms with Gasteiger partial charge >= 0.3 is 0 Å². The number of rotatable bonds is 4. The smallest absolute Gasteiger partial charge is 0.186 e. The SMILES string of the molecule is S=C(NCCc1ccccc1)N/N=C1\CCCc2ccccc21. The largest absolute Gasteiger partial charge is 0.361 e. The van der Waals surface area contributed by atoms with Gasteiger partial charge in [0.05, 0.1) is 5.71 Å². The van der Waals surface area contributed by atoms with Crippen molar-refractivity contribution in [3.8, 4) is 0 Å². The predicted octanol–water partition coefficient (Wildman–Crippen LogP) is 3.43. The fourth-order valence-electron chi connectivity index (χ4n) is 2.84. The zero-order chi connectivity index (χ0) is 15.9. The minimum atomic E-state index is 0.580. The first-order valence-corrected chi connectivity index (χ1v) is 8.46. The minimum absolute atomic E-state index is 0.580. The highest BCUT2D eigenvalue weighted by molar-refractivity contribution is 7.80. The molecule has 4 heteroatoms. The lowest BCUT2D eigenvalue weighted by molar-refractivity contribution is 0.812. The Balaban J connectivity index is 1.51. The van der Waals surface area contributed by atoms with E-state index in [1.165, 1.54) is 16.7 Å². The van der Waals surface area contributed by atoms with Crippen molar-refractivity contribution >= 4 is 23.0 Å². The Labute approximate surface area is 142 Å². The fraction of sp³-hybridized carbons (Fsp3) is 0.263. The quantitative estimate of drug-likeness (QED) is 0.668. The van der Waals surface area contributed by atoms with Crippen molar-refractivity contribution in [2.75, 3.05) is 6.54 Å². The van der Waals surface area contributed by atoms with E-state index < -0.39 is 0 Å². The molecule has 2 N–H and O–H groups in total. The zero-order valence-electron chi connectivity index (χ0n) is 13.1. The molecule has 0 saturated carbocycles. The lowest BCUT2D eigenvalue weighted by Gasteiger charge is -2.17. The second-order valence-corrected chi connectivity index (χ2v) is 6.08. The van der Waals surface area contributed by atoms with Crippen molar-refractivity contribution in [2.24, 2.45) is 5.10 Å². The molecule has 0 atom stereocenters. The standard InChI is InChI=1S/C19H21N3S/c23-19(20-14-13-15-7-2-1-3-8-15)22-21-18-12-6-10-16-9-4-5-11-17(16)18/h1-5,7-9,11H,6,10,12-14H2,(H2,20,22,23)/b21-18+. The van der Waals surface area contributed by atoms with Crippen molar-refractivity contribution in [3.63, 3.8) is 0 Å². The summed E-state index contributed by atoms with van der Waals surface area (Å²) < 4.78 is 0. The topological polar surface area (TPSA) is 36.4 Å². The van der Waals surface area contributed by atoms with E-state index in [2.05, 4.69) is 64.4 Å². The van der Waals surface area contributed by atoms with Crippen LogP contribution in [-0.4, -0.2) is 17.4 Å². The lowest BCUT2D eigenvalue weighted by Crippen LogP contribution is -2.34. The van der Waals surface area contributed by atoms with Crippen LogP contribution in [0.4, 0.5) is 0 Å². The Morgan fingerprint density at radius 3 is 2.65 bits per heavy atom. The maximum absolute atomic E-state index is 5.31. The van der Waals surface area contributed by atoms with E-state index in [0.717, 1.165) is 37.9 Å². The molecule has 3 rings (SSSR count). The van der Waals surface area contributed by atoms with Crippen LogP contribution in [0.1, 0.15) is 29.5 Å². The summed E-state index contributed by atoms with van der Waals surface area (Å²) in [6, 6.07) is 18.9. The van der Waals surface area contributed by atoms with Crippen LogP contribution in [0.5, 0.6) is 0 Å². The lowest BCUT2D eigenvalue weighted by atomic mass is 9.90. The molecule has 118 valence electrons. The van der Waals surface area contributed by atoms with E-state index in [-0.39, 0.29) is 0 Å². The van der Waals surface area contributed by atoms with Crippen molar-refractivity contribution in [3.05, 3.63) is 71.3 Å². The van der Waals surface area contributed by atoms with Gasteiger partial charge in [0.15, 0.2) is 5.11 Å². The van der Waals surface area contributed by atoms with Gasteiger partial charge in [-0.2, -0.15) is 5.10 Å². The van der Waals surface area contributed by atoms with Crippen LogP contribution in [0.15, 0.2) is 59.7 Å². The first-order chi connectivity index (χ1) is 11.3. The summed E-state index contributed by atoms with van der Waals surface area (Å²) in [5.74, 6) is 0. The molecule has 0 spiro atoms. The number of hydrogen-bond donors (Lipinski definition) is 2. The van der Waals surface area contributed by atoms with Gasteiger partial charge in [-0.1, -0.05) is 54.6 Å². The van der Waals surface area contributed by atoms with Gasteiger partial charge in [-0.3, -0.25) is 5.43 Å². The molecule has 0 aromatic heterocycles. The monoisotopic (exact) mass is 323 g/mol. The first-order valence-electron chi connectivity index (χ1n) is 8.05. The summed E-state index contributed by atoms with van der Waals surface area (Å²) in [5.41, 5.74) is 8.01. The zero-order valence-corrected chi connectivity index (χ0v) is 13.9. The minimum Gasteiger partial charge on any atom is -0.361 e. The molecule has 2 aromatic carbocycles. The van der Waals surface area contributed by atoms with Crippen LogP contribution in [0.25, 0.3) is 0 Å². The van der Waals surface area contributed by atoms with Gasteiger partial charge < -0.3 is 5.32 Å². The van der Waals surface area contributed by atoms with Crippen LogP contribution >= 0.6 is 12.2 Å². The normalized spacial score (nSPS) is 15.0. The molecular formula is C19H21N3S. The summed E-state index contributed by atoms with van der Waals surface area (Å²) in [4.78, 5) is 0. The van der Waals surface area contributed by atoms with Crippen LogP contribution in [0.3, 0.4) is 0 Å². The maximum Gasteiger partial charge on any atom is 0.186 e. The van der Waals surface area contributed by atoms with Crippen LogP contribution in [0.2, 0.25) is 0 Å². The van der Waals surface area contributed by atoms with E-state index in [4.69, 9.17) is 12.2 Å². The second kappa shape index (κ2) is 7.88. The van der Waals surface area contributed by atoms with E-state index in [1.54, 1.807) is 0 Å². The molecule has 0 radical (unpaired) electrons. The molecule has 0 heterocycles. The number of hydrazone groups is 1. The molecule has 0 amide bonds. The van der Waals surface area contributed by atoms with Crippen molar-refractivity contribution in [1.82, 2.24) is 10.7 Å². The molecule has 0 aliphatic heterocycles. The summed E-state index contributed by atoms with van der Waals surface area (Å²) in [7, 11) is 0. The molecule has 0 fully saturated rings. The third-order valence-corrected chi connectivity index (χ3v) is 4.26. The summed E-state index contributed by atoms with van der Waals surface area (Å²) in [6.45, 7) is 0.803. The van der Waals surface area contributed by atoms with Gasteiger partial charge in [0.2, 0.25) is 0 Å². The number of benzene rings is 2. The third kappa shape index (κ3) is 4.39. The highest BCUT2D eigenvalue weighted by Crippen LogP contribution is 2.20. The van der Waals surface area contributed by atoms with Crippen molar-refractivity contribution in [2.45, 2.75) is 25.7 Å². The van der Waals surface area contributed by atoms with Gasteiger partial charge in [0, 0.05) is 12.1 Å². The van der Waals surface area contributed by atoms with Crippen molar-refractivity contribution < 1.29 is 0 Å². The maximum atomic E-state index is 5.31. The Bertz CT molecular complexity index is 695. The first kappa shape index (κ1) is 15.7. The van der Waals surface area contributed by atoms with E-state index >= 15 is 0 Å². The Morgan fingerprint density at radius 2 is 1.78 bits per heavy atom. The average molecular weight is 323 g/mol. The van der Waals surface area contributed by atoms with Crippen LogP contribution < -0.4 is 10.7 Å². The van der Waals surface area contributed by atoms with E-state index in [9.17, 15) is 0 Å². The van der Waals surface area contributed by atoms with E-state index in [1.807, 2.05) is 6.07 Å². The number of nitrogens with zero attached hydrogens (tertiary/aromatic N) is 1. The Morgan fingerprint density at radius 1 is 1.00 bits per heavy atom. The van der Waals surface area contributed by atoms with E-state index in [0.29, 0.717) is 5.11 Å². The second-order valence-electron chi connectivity index (χ2n) is 5.67. The summed E-state index contributed by atoms with van der Waals surface area (Å²) in [5, 5.41) is 8.30. The van der Waals surface area contributed by atoms with Gasteiger partial charge in [-0.25, -0.2) is 0 Å². The number of thiocarbonyl (C=S) groups is 1. The van der Waals surface area contributed by atoms with Gasteiger partial charge in [0.25, 0.3) is 0 Å². The summed E-state index contributed by atoms with van der Waals surface area (Å²) in [6.07, 6.45) is 4.22. The molecule has 0 unspecified atom stereocenters. The van der Waals surface area contributed by atoms with Crippen LogP contribution in [-0.2, 0) is 12.8 Å². The summed E-state index contributed by atoms with van der Waals surface area (Å²) >= 11 is 5.31. The van der Waals surface area contributed by atoms with Gasteiger partial charge in [-0.05, 0) is 49.0 Å². The number of nitrogens with one attached hydrogen (secondary N) is 2. The molecule has 3 nitrogen and oxygen atoms in total.